The van der Waals surface area contributed by atoms with Crippen molar-refractivity contribution in [1.82, 2.24) is 10.6 Å². The Hall–Kier alpha value is -2.37. The van der Waals surface area contributed by atoms with Gasteiger partial charge in [0.25, 0.3) is 0 Å². The lowest BCUT2D eigenvalue weighted by Crippen LogP contribution is -2.48. The van der Waals surface area contributed by atoms with Gasteiger partial charge in [-0.3, -0.25) is 9.59 Å². The van der Waals surface area contributed by atoms with Crippen molar-refractivity contribution in [2.75, 3.05) is 6.54 Å². The van der Waals surface area contributed by atoms with Gasteiger partial charge >= 0.3 is 6.09 Å². The third kappa shape index (κ3) is 6.88. The van der Waals surface area contributed by atoms with E-state index in [1.807, 2.05) is 30.3 Å². The fraction of sp³-hybridized carbons (Fsp3) is 0.438. The summed E-state index contributed by atoms with van der Waals surface area (Å²) in [5.41, 5.74) is 0.912. The van der Waals surface area contributed by atoms with Crippen LogP contribution in [0.1, 0.15) is 25.8 Å². The Kier molecular flexibility index (Phi) is 7.67. The first-order valence-corrected chi connectivity index (χ1v) is 7.16. The number of carbonyl (C=O) groups excluding carboxylic acids is 3. The van der Waals surface area contributed by atoms with Gasteiger partial charge in [0.2, 0.25) is 5.91 Å². The van der Waals surface area contributed by atoms with Crippen molar-refractivity contribution in [2.24, 2.45) is 0 Å². The lowest BCUT2D eigenvalue weighted by Gasteiger charge is -2.19. The van der Waals surface area contributed by atoms with Crippen molar-refractivity contribution in [3.05, 3.63) is 35.9 Å². The van der Waals surface area contributed by atoms with Gasteiger partial charge in [0.15, 0.2) is 6.29 Å². The number of alkyl carbamates (subject to hydrolysis) is 1. The summed E-state index contributed by atoms with van der Waals surface area (Å²) in [7, 11) is 0. The van der Waals surface area contributed by atoms with E-state index in [0.29, 0.717) is 6.42 Å². The quantitative estimate of drug-likeness (QED) is 0.710. The number of rotatable bonds is 8. The molecule has 0 aliphatic carbocycles. The number of benzene rings is 1. The van der Waals surface area contributed by atoms with Crippen LogP contribution >= 0.6 is 0 Å². The molecule has 0 fully saturated rings. The zero-order valence-electron chi connectivity index (χ0n) is 12.8. The van der Waals surface area contributed by atoms with Crippen molar-refractivity contribution in [1.29, 1.82) is 0 Å². The van der Waals surface area contributed by atoms with Crippen molar-refractivity contribution in [3.63, 3.8) is 0 Å². The number of amides is 2. The summed E-state index contributed by atoms with van der Waals surface area (Å²) in [6.07, 6.45) is 1.23. The minimum Gasteiger partial charge on any atom is -0.447 e. The fourth-order valence-electron chi connectivity index (χ4n) is 1.81. The van der Waals surface area contributed by atoms with Gasteiger partial charge < -0.3 is 15.4 Å². The monoisotopic (exact) mass is 305 g/mol. The van der Waals surface area contributed by atoms with E-state index in [0.717, 1.165) is 5.56 Å². The normalized spacial score (nSPS) is 11.6. The highest BCUT2D eigenvalue weighted by atomic mass is 16.6. The number of hydrogen-bond donors (Lipinski definition) is 2. The zero-order valence-corrected chi connectivity index (χ0v) is 12.8. The van der Waals surface area contributed by atoms with E-state index in [2.05, 4.69) is 10.6 Å². The lowest BCUT2D eigenvalue weighted by molar-refractivity contribution is -0.123. The molecule has 2 N–H and O–H groups in total. The Labute approximate surface area is 130 Å². The molecule has 22 heavy (non-hydrogen) atoms. The van der Waals surface area contributed by atoms with E-state index >= 15 is 0 Å². The molecule has 0 aliphatic rings. The Balaban J connectivity index is 2.69. The number of nitrogens with one attached hydrogen (secondary N) is 2. The average molecular weight is 305 g/mol. The molecule has 0 aliphatic heterocycles. The molecule has 1 aromatic carbocycles. The van der Waals surface area contributed by atoms with Crippen LogP contribution < -0.4 is 10.6 Å². The second-order valence-corrected chi connectivity index (χ2v) is 5.03. The van der Waals surface area contributed by atoms with E-state index < -0.39 is 12.1 Å². The van der Waals surface area contributed by atoms with Crippen LogP contribution in [0.15, 0.2) is 30.3 Å². The van der Waals surface area contributed by atoms with Crippen LogP contribution in [0.5, 0.6) is 0 Å². The first kappa shape index (κ1) is 17.7. The fourth-order valence-corrected chi connectivity index (χ4v) is 1.81. The van der Waals surface area contributed by atoms with Crippen LogP contribution in [-0.2, 0) is 20.7 Å². The highest BCUT2D eigenvalue weighted by Crippen LogP contribution is 2.04. The molecule has 0 aromatic heterocycles. The molecule has 0 bridgehead atoms. The summed E-state index contributed by atoms with van der Waals surface area (Å²) < 4.78 is 5.00. The van der Waals surface area contributed by atoms with Crippen LogP contribution in [0.4, 0.5) is 4.79 Å². The Morgan fingerprint density at radius 2 is 1.91 bits per heavy atom. The van der Waals surface area contributed by atoms with Crippen molar-refractivity contribution >= 4 is 18.3 Å². The van der Waals surface area contributed by atoms with Gasteiger partial charge in [-0.2, -0.15) is 0 Å². The number of carbonyl (C=O) groups is 2. The summed E-state index contributed by atoms with van der Waals surface area (Å²) in [6.45, 7) is 3.64. The third-order valence-electron chi connectivity index (χ3n) is 2.76. The maximum Gasteiger partial charge on any atom is 0.408 e. The molecule has 0 saturated heterocycles. The first-order chi connectivity index (χ1) is 10.5. The molecule has 1 atom stereocenters. The molecule has 0 unspecified atom stereocenters. The molecule has 6 heteroatoms. The highest BCUT2D eigenvalue weighted by Gasteiger charge is 2.22. The first-order valence-electron chi connectivity index (χ1n) is 7.16. The highest BCUT2D eigenvalue weighted by molar-refractivity contribution is 5.86. The van der Waals surface area contributed by atoms with E-state index in [1.54, 1.807) is 20.1 Å². The molecule has 1 rings (SSSR count). The summed E-state index contributed by atoms with van der Waals surface area (Å²) in [5, 5.41) is 5.14. The molecule has 1 aromatic rings. The van der Waals surface area contributed by atoms with E-state index in [1.165, 1.54) is 0 Å². The van der Waals surface area contributed by atoms with Crippen molar-refractivity contribution in [3.8, 4) is 0 Å². The molecule has 119 valence electrons. The topological polar surface area (TPSA) is 84.5 Å². The van der Waals surface area contributed by atoms with Gasteiger partial charge in [-0.25, -0.2) is 4.79 Å². The van der Waals surface area contributed by atoms with E-state index in [4.69, 9.17) is 4.74 Å². The molecular formula is C16H21N2O4. The molecular weight excluding hydrogens is 284 g/mol. The predicted octanol–water partition coefficient (Wildman–Crippen LogP) is 1.35. The van der Waals surface area contributed by atoms with Gasteiger partial charge in [-0.15, -0.1) is 0 Å². The summed E-state index contributed by atoms with van der Waals surface area (Å²) in [6, 6.07) is 8.57. The maximum absolute atomic E-state index is 12.1. The predicted molar refractivity (Wildman–Crippen MR) is 82.0 cm³/mol. The van der Waals surface area contributed by atoms with Crippen LogP contribution in [0, 0.1) is 0 Å². The Bertz CT molecular complexity index is 488. The molecule has 0 spiro atoms. The Morgan fingerprint density at radius 3 is 2.50 bits per heavy atom. The second kappa shape index (κ2) is 9.55. The smallest absolute Gasteiger partial charge is 0.408 e. The van der Waals surface area contributed by atoms with Gasteiger partial charge in [-0.1, -0.05) is 30.3 Å². The third-order valence-corrected chi connectivity index (χ3v) is 2.76. The summed E-state index contributed by atoms with van der Waals surface area (Å²) >= 11 is 0. The second-order valence-electron chi connectivity index (χ2n) is 5.03. The van der Waals surface area contributed by atoms with Gasteiger partial charge in [-0.05, 0) is 19.4 Å². The van der Waals surface area contributed by atoms with Gasteiger partial charge in [0.05, 0.1) is 6.10 Å². The molecule has 0 heterocycles. The SMILES string of the molecule is CC(C)OC(=O)N[C@@H](Cc1ccccc1)C(=O)NCC[C]=O. The van der Waals surface area contributed by atoms with Gasteiger partial charge in [0.1, 0.15) is 6.04 Å². The van der Waals surface area contributed by atoms with Crippen LogP contribution in [0.2, 0.25) is 0 Å². The summed E-state index contributed by atoms with van der Waals surface area (Å²) in [4.78, 5) is 34.0. The van der Waals surface area contributed by atoms with Crippen LogP contribution in [0.25, 0.3) is 0 Å². The maximum atomic E-state index is 12.1. The minimum atomic E-state index is -0.764. The standard InChI is InChI=1S/C16H21N2O4/c1-12(2)22-16(21)18-14(15(20)17-9-6-10-19)11-13-7-4-3-5-8-13/h3-5,7-8,12,14H,6,9,11H2,1-2H3,(H,17,20)(H,18,21)/t14-/m0/s1. The van der Waals surface area contributed by atoms with Gasteiger partial charge in [0, 0.05) is 19.4 Å². The lowest BCUT2D eigenvalue weighted by atomic mass is 10.1. The minimum absolute atomic E-state index is 0.111. The molecule has 2 amide bonds. The zero-order chi connectivity index (χ0) is 16.4. The molecule has 0 saturated carbocycles. The summed E-state index contributed by atoms with van der Waals surface area (Å²) in [5.74, 6) is -0.361. The molecule has 6 nitrogen and oxygen atoms in total. The van der Waals surface area contributed by atoms with E-state index in [9.17, 15) is 14.4 Å². The Morgan fingerprint density at radius 1 is 1.23 bits per heavy atom. The number of hydrogen-bond acceptors (Lipinski definition) is 4. The van der Waals surface area contributed by atoms with Crippen LogP contribution in [0.3, 0.4) is 0 Å². The van der Waals surface area contributed by atoms with E-state index in [-0.39, 0.29) is 25.0 Å². The largest absolute Gasteiger partial charge is 0.447 e. The molecule has 1 radical (unpaired) electrons. The number of ether oxygens (including phenoxy) is 1. The van der Waals surface area contributed by atoms with Crippen molar-refractivity contribution < 1.29 is 19.1 Å². The average Bonchev–Trinajstić information content (AvgIpc) is 2.47. The van der Waals surface area contributed by atoms with Crippen LogP contribution in [-0.4, -0.2) is 37.0 Å². The van der Waals surface area contributed by atoms with Crippen molar-refractivity contribution in [2.45, 2.75) is 38.8 Å².